The molecule has 0 amide bonds. The highest BCUT2D eigenvalue weighted by atomic mass is 16.5. The fourth-order valence-corrected chi connectivity index (χ4v) is 1.00. The lowest BCUT2D eigenvalue weighted by Crippen LogP contribution is -2.19. The zero-order valence-electron chi connectivity index (χ0n) is 11.1. The highest BCUT2D eigenvalue weighted by molar-refractivity contribution is 5.81. The van der Waals surface area contributed by atoms with Crippen molar-refractivity contribution in [1.82, 2.24) is 4.90 Å². The third-order valence-corrected chi connectivity index (χ3v) is 2.03. The molecule has 2 N–H and O–H groups in total. The normalized spacial score (nSPS) is 9.33. The molecule has 0 saturated carbocycles. The molecule has 4 nitrogen and oxygen atoms in total. The lowest BCUT2D eigenvalue weighted by atomic mass is 10.2. The van der Waals surface area contributed by atoms with Crippen LogP contribution in [0.5, 0.6) is 0 Å². The fraction of sp³-hybridized carbons (Fsp3) is 0.357. The van der Waals surface area contributed by atoms with Gasteiger partial charge in [0.1, 0.15) is 6.61 Å². The van der Waals surface area contributed by atoms with E-state index in [4.69, 9.17) is 10.5 Å². The smallest absolute Gasteiger partial charge is 0.330 e. The zero-order valence-corrected chi connectivity index (χ0v) is 11.1. The van der Waals surface area contributed by atoms with E-state index in [9.17, 15) is 4.79 Å². The van der Waals surface area contributed by atoms with Gasteiger partial charge in [-0.25, -0.2) is 4.79 Å². The second-order valence-electron chi connectivity index (χ2n) is 3.86. The van der Waals surface area contributed by atoms with E-state index in [1.54, 1.807) is 0 Å². The van der Waals surface area contributed by atoms with Gasteiger partial charge in [-0.05, 0) is 19.7 Å². The third-order valence-electron chi connectivity index (χ3n) is 2.03. The first-order valence-electron chi connectivity index (χ1n) is 5.78. The van der Waals surface area contributed by atoms with Crippen LogP contribution in [0.2, 0.25) is 0 Å². The first-order valence-corrected chi connectivity index (χ1v) is 5.78. The predicted molar refractivity (Wildman–Crippen MR) is 74.0 cm³/mol. The Bertz CT molecular complexity index is 337. The number of likely N-dealkylation sites (N-methyl/N-ethyl adjacent to an activating group) is 1. The highest BCUT2D eigenvalue weighted by Crippen LogP contribution is 1.94. The molecule has 0 bridgehead atoms. The molecule has 0 aliphatic rings. The Morgan fingerprint density at radius 3 is 2.39 bits per heavy atom. The molecule has 0 aliphatic heterocycles. The predicted octanol–water partition coefficient (Wildman–Crippen LogP) is 1.42. The monoisotopic (exact) mass is 250 g/mol. The van der Waals surface area contributed by atoms with E-state index in [-0.39, 0.29) is 5.97 Å². The standard InChI is InChI=1S/C7H13NO2.C7H9N/c1-4-7(9)10-6-5-8(2)3;8-6-7-4-2-1-3-5-7/h4H,1,5-6H2,2-3H3;1-5H,6,8H2. The van der Waals surface area contributed by atoms with Gasteiger partial charge in [-0.2, -0.15) is 0 Å². The van der Waals surface area contributed by atoms with E-state index in [1.807, 2.05) is 49.3 Å². The van der Waals surface area contributed by atoms with E-state index >= 15 is 0 Å². The number of ether oxygens (including phenoxy) is 1. The van der Waals surface area contributed by atoms with Crippen LogP contribution in [-0.2, 0) is 16.1 Å². The quantitative estimate of drug-likeness (QED) is 0.634. The number of esters is 1. The minimum Gasteiger partial charge on any atom is -0.461 e. The van der Waals surface area contributed by atoms with Gasteiger partial charge in [0.25, 0.3) is 0 Å². The molecule has 0 unspecified atom stereocenters. The number of carbonyl (C=O) groups excluding carboxylic acids is 1. The Kier molecular flexibility index (Phi) is 9.54. The molecule has 0 radical (unpaired) electrons. The van der Waals surface area contributed by atoms with Gasteiger partial charge in [0.15, 0.2) is 0 Å². The zero-order chi connectivity index (χ0) is 13.8. The summed E-state index contributed by atoms with van der Waals surface area (Å²) in [5.74, 6) is -0.359. The Hall–Kier alpha value is -1.65. The number of hydrogen-bond donors (Lipinski definition) is 1. The first kappa shape index (κ1) is 16.4. The topological polar surface area (TPSA) is 55.6 Å². The molecule has 0 fully saturated rings. The largest absolute Gasteiger partial charge is 0.461 e. The van der Waals surface area contributed by atoms with Crippen molar-refractivity contribution in [2.45, 2.75) is 6.54 Å². The number of nitrogens with zero attached hydrogens (tertiary/aromatic N) is 1. The first-order chi connectivity index (χ1) is 8.60. The van der Waals surface area contributed by atoms with Crippen LogP contribution in [0.25, 0.3) is 0 Å². The van der Waals surface area contributed by atoms with Crippen molar-refractivity contribution >= 4 is 5.97 Å². The third kappa shape index (κ3) is 9.57. The van der Waals surface area contributed by atoms with E-state index in [1.165, 1.54) is 5.56 Å². The maximum Gasteiger partial charge on any atom is 0.330 e. The van der Waals surface area contributed by atoms with E-state index in [0.29, 0.717) is 13.2 Å². The van der Waals surface area contributed by atoms with Crippen molar-refractivity contribution in [3.8, 4) is 0 Å². The maximum atomic E-state index is 10.4. The van der Waals surface area contributed by atoms with Gasteiger partial charge in [0, 0.05) is 19.2 Å². The van der Waals surface area contributed by atoms with E-state index in [2.05, 4.69) is 6.58 Å². The summed E-state index contributed by atoms with van der Waals surface area (Å²) in [5, 5.41) is 0. The van der Waals surface area contributed by atoms with Crippen molar-refractivity contribution < 1.29 is 9.53 Å². The number of hydrogen-bond acceptors (Lipinski definition) is 4. The van der Waals surface area contributed by atoms with Gasteiger partial charge in [0.05, 0.1) is 0 Å². The maximum absolute atomic E-state index is 10.4. The summed E-state index contributed by atoms with van der Waals surface area (Å²) < 4.78 is 4.70. The van der Waals surface area contributed by atoms with Crippen molar-refractivity contribution in [3.05, 3.63) is 48.6 Å². The van der Waals surface area contributed by atoms with Crippen LogP contribution in [-0.4, -0.2) is 38.1 Å². The van der Waals surface area contributed by atoms with Crippen LogP contribution in [0.15, 0.2) is 43.0 Å². The second kappa shape index (κ2) is 10.5. The molecule has 1 aromatic rings. The molecule has 0 aliphatic carbocycles. The van der Waals surface area contributed by atoms with Crippen LogP contribution in [0.1, 0.15) is 5.56 Å². The van der Waals surface area contributed by atoms with Crippen molar-refractivity contribution in [1.29, 1.82) is 0 Å². The lowest BCUT2D eigenvalue weighted by molar-refractivity contribution is -0.137. The molecule has 0 atom stereocenters. The number of carbonyl (C=O) groups is 1. The van der Waals surface area contributed by atoms with Crippen molar-refractivity contribution in [2.24, 2.45) is 5.73 Å². The van der Waals surface area contributed by atoms with Gasteiger partial charge in [-0.3, -0.25) is 0 Å². The summed E-state index contributed by atoms with van der Waals surface area (Å²) >= 11 is 0. The molecule has 0 spiro atoms. The lowest BCUT2D eigenvalue weighted by Gasteiger charge is -2.07. The molecular weight excluding hydrogens is 228 g/mol. The van der Waals surface area contributed by atoms with E-state index in [0.717, 1.165) is 12.6 Å². The Morgan fingerprint density at radius 2 is 2.00 bits per heavy atom. The van der Waals surface area contributed by atoms with Gasteiger partial charge < -0.3 is 15.4 Å². The molecule has 1 rings (SSSR count). The van der Waals surface area contributed by atoms with Crippen LogP contribution in [0, 0.1) is 0 Å². The molecule has 0 aromatic heterocycles. The number of benzene rings is 1. The van der Waals surface area contributed by atoms with Crippen LogP contribution in [0.4, 0.5) is 0 Å². The molecule has 0 heterocycles. The summed E-state index contributed by atoms with van der Waals surface area (Å²) in [7, 11) is 3.84. The van der Waals surface area contributed by atoms with Crippen molar-refractivity contribution in [3.63, 3.8) is 0 Å². The minimum atomic E-state index is -0.359. The van der Waals surface area contributed by atoms with Crippen molar-refractivity contribution in [2.75, 3.05) is 27.2 Å². The molecule has 1 aromatic carbocycles. The molecule has 4 heteroatoms. The second-order valence-corrected chi connectivity index (χ2v) is 3.86. The fourth-order valence-electron chi connectivity index (χ4n) is 1.00. The number of nitrogens with two attached hydrogens (primary N) is 1. The average molecular weight is 250 g/mol. The Morgan fingerprint density at radius 1 is 1.39 bits per heavy atom. The van der Waals surface area contributed by atoms with Crippen LogP contribution in [0.3, 0.4) is 0 Å². The number of rotatable bonds is 5. The van der Waals surface area contributed by atoms with E-state index < -0.39 is 0 Å². The molecule has 0 saturated heterocycles. The summed E-state index contributed by atoms with van der Waals surface area (Å²) in [6.45, 7) is 5.09. The summed E-state index contributed by atoms with van der Waals surface area (Å²) in [6, 6.07) is 9.99. The Labute approximate surface area is 109 Å². The van der Waals surface area contributed by atoms with Gasteiger partial charge in [0.2, 0.25) is 0 Å². The summed E-state index contributed by atoms with van der Waals surface area (Å²) in [5.41, 5.74) is 6.54. The Balaban J connectivity index is 0.000000327. The highest BCUT2D eigenvalue weighted by Gasteiger charge is 1.94. The van der Waals surface area contributed by atoms with Crippen LogP contribution >= 0.6 is 0 Å². The van der Waals surface area contributed by atoms with Gasteiger partial charge >= 0.3 is 5.97 Å². The SMILES string of the molecule is C=CC(=O)OCCN(C)C.NCc1ccccc1. The molecule has 100 valence electrons. The minimum absolute atomic E-state index is 0.359. The molecule has 18 heavy (non-hydrogen) atoms. The van der Waals surface area contributed by atoms with Crippen LogP contribution < -0.4 is 5.73 Å². The molecular formula is C14H22N2O2. The summed E-state index contributed by atoms with van der Waals surface area (Å²) in [6.07, 6.45) is 1.16. The summed E-state index contributed by atoms with van der Waals surface area (Å²) in [4.78, 5) is 12.4. The van der Waals surface area contributed by atoms with Gasteiger partial charge in [-0.1, -0.05) is 36.9 Å². The van der Waals surface area contributed by atoms with Gasteiger partial charge in [-0.15, -0.1) is 0 Å². The average Bonchev–Trinajstić information content (AvgIpc) is 2.39.